The van der Waals surface area contributed by atoms with Gasteiger partial charge in [0.05, 0.1) is 18.6 Å². The fourth-order valence-corrected chi connectivity index (χ4v) is 5.07. The van der Waals surface area contributed by atoms with E-state index in [0.717, 1.165) is 38.4 Å². The van der Waals surface area contributed by atoms with Crippen molar-refractivity contribution in [3.63, 3.8) is 0 Å². The van der Waals surface area contributed by atoms with E-state index < -0.39 is 0 Å². The minimum Gasteiger partial charge on any atom is -0.379 e. The predicted molar refractivity (Wildman–Crippen MR) is 116 cm³/mol. The van der Waals surface area contributed by atoms with E-state index in [1.807, 2.05) is 11.4 Å². The van der Waals surface area contributed by atoms with Crippen LogP contribution in [0.2, 0.25) is 0 Å². The van der Waals surface area contributed by atoms with Gasteiger partial charge in [0, 0.05) is 55.2 Å². The minimum absolute atomic E-state index is 0.0381. The van der Waals surface area contributed by atoms with Gasteiger partial charge in [0.2, 0.25) is 5.95 Å². The van der Waals surface area contributed by atoms with Gasteiger partial charge in [-0.1, -0.05) is 6.07 Å². The number of H-pyrrole nitrogens is 1. The molecule has 0 amide bonds. The lowest BCUT2D eigenvalue weighted by Gasteiger charge is -2.26. The number of nitrogens with zero attached hydrogens (tertiary/aromatic N) is 3. The molecular weight excluding hydrogens is 402 g/mol. The third-order valence-electron chi connectivity index (χ3n) is 5.80. The van der Waals surface area contributed by atoms with Gasteiger partial charge in [-0.2, -0.15) is 4.98 Å². The molecule has 2 aliphatic rings. The average molecular weight is 426 g/mol. The van der Waals surface area contributed by atoms with Gasteiger partial charge in [-0.3, -0.25) is 19.5 Å². The van der Waals surface area contributed by atoms with Crippen molar-refractivity contribution in [3.05, 3.63) is 50.1 Å². The van der Waals surface area contributed by atoms with Crippen LogP contribution in [0.5, 0.6) is 0 Å². The molecule has 0 bridgehead atoms. The maximum absolute atomic E-state index is 12.9. The number of pyridine rings is 1. The number of hydrogen-bond donors (Lipinski definition) is 2. The van der Waals surface area contributed by atoms with Gasteiger partial charge >= 0.3 is 0 Å². The molecule has 3 aromatic rings. The lowest BCUT2D eigenvalue weighted by atomic mass is 9.82. The quantitative estimate of drug-likeness (QED) is 0.645. The maximum atomic E-state index is 12.9. The van der Waals surface area contributed by atoms with Crippen LogP contribution < -0.4 is 10.9 Å². The molecule has 0 radical (unpaired) electrons. The van der Waals surface area contributed by atoms with Crippen molar-refractivity contribution < 1.29 is 9.53 Å². The number of ketones is 1. The van der Waals surface area contributed by atoms with Gasteiger partial charge in [0.15, 0.2) is 11.4 Å². The normalized spacial score (nSPS) is 19.7. The van der Waals surface area contributed by atoms with Gasteiger partial charge in [-0.05, 0) is 23.4 Å². The zero-order valence-electron chi connectivity index (χ0n) is 16.5. The number of rotatable bonds is 5. The lowest BCUT2D eigenvalue weighted by molar-refractivity contribution is 0.0398. The summed E-state index contributed by atoms with van der Waals surface area (Å²) in [5.41, 5.74) is 1.45. The molecule has 2 N–H and O–H groups in total. The second-order valence-corrected chi connectivity index (χ2v) is 8.67. The summed E-state index contributed by atoms with van der Waals surface area (Å²) in [5, 5.41) is 5.64. The number of aromatic amines is 1. The predicted octanol–water partition coefficient (Wildman–Crippen LogP) is 2.04. The third-order valence-corrected chi connectivity index (χ3v) is 6.83. The molecule has 5 rings (SSSR count). The summed E-state index contributed by atoms with van der Waals surface area (Å²) < 4.78 is 5.36. The summed E-state index contributed by atoms with van der Waals surface area (Å²) in [6, 6.07) is 4.05. The molecule has 1 fully saturated rings. The number of Topliss-reactive ketones (excluding diaryl/α,β-unsaturated/α-hetero) is 1. The van der Waals surface area contributed by atoms with Crippen molar-refractivity contribution in [2.75, 3.05) is 44.7 Å². The number of nitrogens with one attached hydrogen (secondary N) is 2. The first kappa shape index (κ1) is 19.3. The molecule has 0 spiro atoms. The van der Waals surface area contributed by atoms with Crippen molar-refractivity contribution in [2.24, 2.45) is 0 Å². The number of aromatic nitrogens is 3. The summed E-state index contributed by atoms with van der Waals surface area (Å²) in [7, 11) is 0. The van der Waals surface area contributed by atoms with E-state index in [-0.39, 0.29) is 17.3 Å². The Morgan fingerprint density at radius 3 is 2.93 bits per heavy atom. The summed E-state index contributed by atoms with van der Waals surface area (Å²) in [6.45, 7) is 4.85. The Labute approximate surface area is 177 Å². The number of thiophene rings is 1. The van der Waals surface area contributed by atoms with Crippen molar-refractivity contribution in [1.82, 2.24) is 19.9 Å². The topological polar surface area (TPSA) is 100 Å². The van der Waals surface area contributed by atoms with E-state index in [0.29, 0.717) is 41.9 Å². The van der Waals surface area contributed by atoms with E-state index >= 15 is 0 Å². The Hall–Kier alpha value is -2.62. The average Bonchev–Trinajstić information content (AvgIpc) is 3.29. The Morgan fingerprint density at radius 1 is 1.27 bits per heavy atom. The number of morpholine rings is 1. The molecule has 1 atom stereocenters. The monoisotopic (exact) mass is 425 g/mol. The molecule has 3 aromatic heterocycles. The molecule has 8 nitrogen and oxygen atoms in total. The van der Waals surface area contributed by atoms with Crippen molar-refractivity contribution in [3.8, 4) is 0 Å². The van der Waals surface area contributed by atoms with Crippen LogP contribution in [0.15, 0.2) is 28.5 Å². The highest BCUT2D eigenvalue weighted by Gasteiger charge is 2.30. The maximum Gasteiger partial charge on any atom is 0.262 e. The first-order valence-electron chi connectivity index (χ1n) is 10.2. The first-order chi connectivity index (χ1) is 14.7. The summed E-state index contributed by atoms with van der Waals surface area (Å²) in [5.74, 6) is 0.544. The highest BCUT2D eigenvalue weighted by molar-refractivity contribution is 7.10. The number of carbonyl (C=O) groups excluding carboxylic acids is 1. The highest BCUT2D eigenvalue weighted by atomic mass is 32.1. The molecule has 1 aliphatic heterocycles. The van der Waals surface area contributed by atoms with Crippen LogP contribution in [0.1, 0.15) is 33.1 Å². The Kier molecular flexibility index (Phi) is 5.32. The minimum atomic E-state index is -0.252. The van der Waals surface area contributed by atoms with Gasteiger partial charge in [-0.25, -0.2) is 4.98 Å². The molecular formula is C21H23N5O3S. The van der Waals surface area contributed by atoms with E-state index in [2.05, 4.69) is 31.2 Å². The second kappa shape index (κ2) is 8.25. The summed E-state index contributed by atoms with van der Waals surface area (Å²) in [4.78, 5) is 40.8. The van der Waals surface area contributed by atoms with Gasteiger partial charge in [0.25, 0.3) is 5.56 Å². The molecule has 1 aliphatic carbocycles. The number of hydrogen-bond acceptors (Lipinski definition) is 8. The van der Waals surface area contributed by atoms with Crippen molar-refractivity contribution in [2.45, 2.75) is 18.8 Å². The highest BCUT2D eigenvalue weighted by Crippen LogP contribution is 2.36. The number of anilines is 1. The van der Waals surface area contributed by atoms with E-state index in [1.54, 1.807) is 17.5 Å². The third kappa shape index (κ3) is 3.76. The number of carbonyl (C=O) groups is 1. The fraction of sp³-hybridized carbons (Fsp3) is 0.429. The molecule has 1 saturated heterocycles. The molecule has 0 unspecified atom stereocenters. The Bertz CT molecular complexity index is 1120. The molecule has 4 heterocycles. The van der Waals surface area contributed by atoms with E-state index in [9.17, 15) is 9.59 Å². The van der Waals surface area contributed by atoms with E-state index in [1.165, 1.54) is 4.88 Å². The standard InChI is InChI=1S/C21H23N5O3S/c27-16-11-13(17-2-1-9-30-17)10-14-15(16)12-23-19-18(14)20(28)25-21(24-19)22-3-4-26-5-7-29-8-6-26/h1-2,9,12-13H,3-8,10-11H2,(H2,22,23,24,25,28)/t13-/m0/s1. The van der Waals surface area contributed by atoms with Crippen LogP contribution in [0.4, 0.5) is 5.95 Å². The number of fused-ring (bicyclic) bond motifs is 3. The zero-order chi connectivity index (χ0) is 20.5. The Morgan fingerprint density at radius 2 is 2.13 bits per heavy atom. The zero-order valence-corrected chi connectivity index (χ0v) is 17.3. The SMILES string of the molecule is O=C1C[C@@H](c2cccs2)Cc2c1cnc1nc(NCCN3CCOCC3)[nH]c(=O)c21. The van der Waals surface area contributed by atoms with Crippen LogP contribution in [0.3, 0.4) is 0 Å². The fourth-order valence-electron chi connectivity index (χ4n) is 4.24. The molecule has 0 aromatic carbocycles. The number of ether oxygens (including phenoxy) is 1. The molecule has 30 heavy (non-hydrogen) atoms. The van der Waals surface area contributed by atoms with Crippen LogP contribution in [-0.2, 0) is 11.2 Å². The van der Waals surface area contributed by atoms with Crippen molar-refractivity contribution in [1.29, 1.82) is 0 Å². The van der Waals surface area contributed by atoms with Crippen LogP contribution in [0, 0.1) is 0 Å². The van der Waals surface area contributed by atoms with E-state index in [4.69, 9.17) is 4.74 Å². The van der Waals surface area contributed by atoms with Crippen LogP contribution in [0.25, 0.3) is 11.0 Å². The van der Waals surface area contributed by atoms with Gasteiger partial charge < -0.3 is 10.1 Å². The smallest absolute Gasteiger partial charge is 0.262 e. The molecule has 0 saturated carbocycles. The Balaban J connectivity index is 1.40. The summed E-state index contributed by atoms with van der Waals surface area (Å²) in [6.07, 6.45) is 2.68. The lowest BCUT2D eigenvalue weighted by Crippen LogP contribution is -2.39. The molecule has 9 heteroatoms. The van der Waals surface area contributed by atoms with Gasteiger partial charge in [-0.15, -0.1) is 11.3 Å². The van der Waals surface area contributed by atoms with Crippen LogP contribution >= 0.6 is 11.3 Å². The largest absolute Gasteiger partial charge is 0.379 e. The summed E-state index contributed by atoms with van der Waals surface area (Å²) >= 11 is 1.65. The molecule has 156 valence electrons. The van der Waals surface area contributed by atoms with Gasteiger partial charge in [0.1, 0.15) is 0 Å². The second-order valence-electron chi connectivity index (χ2n) is 7.69. The first-order valence-corrected chi connectivity index (χ1v) is 11.1. The van der Waals surface area contributed by atoms with Crippen molar-refractivity contribution >= 4 is 34.1 Å². The van der Waals surface area contributed by atoms with Crippen LogP contribution in [-0.4, -0.2) is 65.0 Å².